The Bertz CT molecular complexity index is 355. The molecule has 3 N–H and O–H groups in total. The minimum atomic E-state index is -0.857. The maximum Gasteiger partial charge on any atom is 0.318 e. The molecule has 0 spiro atoms. The van der Waals surface area contributed by atoms with E-state index in [9.17, 15) is 14.4 Å². The van der Waals surface area contributed by atoms with Gasteiger partial charge in [-0.05, 0) is 0 Å². The highest BCUT2D eigenvalue weighted by atomic mass is 16.5. The molecule has 1 aliphatic heterocycles. The molecule has 8 heteroatoms. The fourth-order valence-electron chi connectivity index (χ4n) is 1.88. The van der Waals surface area contributed by atoms with Crippen LogP contribution in [0.3, 0.4) is 0 Å². The Morgan fingerprint density at radius 1 is 1.30 bits per heavy atom. The molecule has 20 heavy (non-hydrogen) atoms. The molecule has 1 saturated heterocycles. The van der Waals surface area contributed by atoms with Crippen molar-refractivity contribution in [2.75, 3.05) is 52.5 Å². The summed E-state index contributed by atoms with van der Waals surface area (Å²) in [5.41, 5.74) is 5.31. The molecule has 1 heterocycles. The monoisotopic (exact) mass is 286 g/mol. The second-order valence-electron chi connectivity index (χ2n) is 4.47. The van der Waals surface area contributed by atoms with Crippen molar-refractivity contribution in [2.45, 2.75) is 6.92 Å². The average Bonchev–Trinajstić information content (AvgIpc) is 2.44. The summed E-state index contributed by atoms with van der Waals surface area (Å²) in [4.78, 5) is 37.7. The lowest BCUT2D eigenvalue weighted by Crippen LogP contribution is -2.48. The largest absolute Gasteiger partial charge is 0.379 e. The molecule has 0 saturated carbocycles. The fourth-order valence-corrected chi connectivity index (χ4v) is 1.88. The first-order valence-corrected chi connectivity index (χ1v) is 6.66. The molecule has 114 valence electrons. The van der Waals surface area contributed by atoms with Crippen molar-refractivity contribution in [1.29, 1.82) is 0 Å². The molecule has 0 bridgehead atoms. The van der Waals surface area contributed by atoms with E-state index in [0.29, 0.717) is 26.3 Å². The predicted molar refractivity (Wildman–Crippen MR) is 71.7 cm³/mol. The first-order valence-electron chi connectivity index (χ1n) is 6.66. The van der Waals surface area contributed by atoms with Crippen molar-refractivity contribution >= 4 is 17.7 Å². The van der Waals surface area contributed by atoms with Crippen molar-refractivity contribution in [2.24, 2.45) is 5.73 Å². The zero-order chi connectivity index (χ0) is 15.0. The summed E-state index contributed by atoms with van der Waals surface area (Å²) in [6, 6.07) is 0. The number of imide groups is 1. The van der Waals surface area contributed by atoms with Gasteiger partial charge in [0.05, 0.1) is 13.2 Å². The van der Waals surface area contributed by atoms with Crippen LogP contribution in [0.4, 0.5) is 0 Å². The van der Waals surface area contributed by atoms with Crippen molar-refractivity contribution < 1.29 is 19.1 Å². The van der Waals surface area contributed by atoms with E-state index in [1.807, 2.05) is 0 Å². The summed E-state index contributed by atoms with van der Waals surface area (Å²) >= 11 is 0. The van der Waals surface area contributed by atoms with Gasteiger partial charge in [-0.1, -0.05) is 0 Å². The summed E-state index contributed by atoms with van der Waals surface area (Å²) in [5.74, 6) is -2.12. The van der Waals surface area contributed by atoms with Gasteiger partial charge in [0, 0.05) is 46.2 Å². The predicted octanol–water partition coefficient (Wildman–Crippen LogP) is -2.23. The van der Waals surface area contributed by atoms with Gasteiger partial charge in [0.15, 0.2) is 0 Å². The molecular weight excluding hydrogens is 264 g/mol. The third-order valence-electron chi connectivity index (χ3n) is 2.99. The van der Waals surface area contributed by atoms with E-state index in [-0.39, 0.29) is 13.1 Å². The minimum Gasteiger partial charge on any atom is -0.379 e. The first kappa shape index (κ1) is 16.5. The van der Waals surface area contributed by atoms with Crippen LogP contribution in [0.25, 0.3) is 0 Å². The molecule has 0 aromatic rings. The molecule has 1 fully saturated rings. The van der Waals surface area contributed by atoms with E-state index in [1.165, 1.54) is 6.92 Å². The third kappa shape index (κ3) is 5.24. The van der Waals surface area contributed by atoms with Crippen molar-refractivity contribution in [1.82, 2.24) is 15.1 Å². The highest BCUT2D eigenvalue weighted by Crippen LogP contribution is 1.95. The summed E-state index contributed by atoms with van der Waals surface area (Å²) in [6.07, 6.45) is 0. The number of hydrogen-bond donors (Lipinski definition) is 2. The summed E-state index contributed by atoms with van der Waals surface area (Å²) in [7, 11) is 0. The zero-order valence-corrected chi connectivity index (χ0v) is 11.8. The van der Waals surface area contributed by atoms with Gasteiger partial charge in [-0.15, -0.1) is 0 Å². The maximum atomic E-state index is 11.8. The second kappa shape index (κ2) is 8.62. The zero-order valence-electron chi connectivity index (χ0n) is 11.8. The van der Waals surface area contributed by atoms with Gasteiger partial charge < -0.3 is 15.8 Å². The SMILES string of the molecule is CC(=O)N(CCN)C(=O)C(=O)NCCN1CCOCC1. The number of carbonyl (C=O) groups is 3. The Morgan fingerprint density at radius 3 is 2.50 bits per heavy atom. The molecule has 0 atom stereocenters. The number of rotatable bonds is 5. The molecule has 0 aromatic carbocycles. The van der Waals surface area contributed by atoms with E-state index in [2.05, 4.69) is 10.2 Å². The Kier molecular flexibility index (Phi) is 7.13. The minimum absolute atomic E-state index is 0.0467. The Labute approximate surface area is 118 Å². The molecule has 3 amide bonds. The third-order valence-corrected chi connectivity index (χ3v) is 2.99. The number of morpholine rings is 1. The summed E-state index contributed by atoms with van der Waals surface area (Å²) < 4.78 is 5.21. The summed E-state index contributed by atoms with van der Waals surface area (Å²) in [5, 5.41) is 2.52. The van der Waals surface area contributed by atoms with Gasteiger partial charge in [0.25, 0.3) is 0 Å². The molecule has 0 radical (unpaired) electrons. The number of nitrogens with two attached hydrogens (primary N) is 1. The topological polar surface area (TPSA) is 105 Å². The van der Waals surface area contributed by atoms with Crippen molar-refractivity contribution in [3.63, 3.8) is 0 Å². The second-order valence-corrected chi connectivity index (χ2v) is 4.47. The molecule has 1 rings (SSSR count). The van der Waals surface area contributed by atoms with Crippen LogP contribution in [0.1, 0.15) is 6.92 Å². The van der Waals surface area contributed by atoms with Crippen LogP contribution in [0.5, 0.6) is 0 Å². The van der Waals surface area contributed by atoms with Gasteiger partial charge in [0.2, 0.25) is 5.91 Å². The quantitative estimate of drug-likeness (QED) is 0.554. The lowest BCUT2D eigenvalue weighted by Gasteiger charge is -2.26. The lowest BCUT2D eigenvalue weighted by molar-refractivity contribution is -0.151. The van der Waals surface area contributed by atoms with E-state index < -0.39 is 17.7 Å². The average molecular weight is 286 g/mol. The van der Waals surface area contributed by atoms with Crippen LogP contribution in [-0.2, 0) is 19.1 Å². The number of carbonyl (C=O) groups excluding carboxylic acids is 3. The van der Waals surface area contributed by atoms with Crippen molar-refractivity contribution in [3.05, 3.63) is 0 Å². The van der Waals surface area contributed by atoms with Gasteiger partial charge in [-0.3, -0.25) is 24.2 Å². The van der Waals surface area contributed by atoms with Gasteiger partial charge >= 0.3 is 11.8 Å². The van der Waals surface area contributed by atoms with Crippen molar-refractivity contribution in [3.8, 4) is 0 Å². The molecule has 1 aliphatic rings. The molecular formula is C12H22N4O4. The molecule has 8 nitrogen and oxygen atoms in total. The highest BCUT2D eigenvalue weighted by Gasteiger charge is 2.24. The number of hydrogen-bond acceptors (Lipinski definition) is 6. The highest BCUT2D eigenvalue weighted by molar-refractivity contribution is 6.37. The van der Waals surface area contributed by atoms with Crippen LogP contribution < -0.4 is 11.1 Å². The van der Waals surface area contributed by atoms with E-state index >= 15 is 0 Å². The van der Waals surface area contributed by atoms with Gasteiger partial charge in [-0.2, -0.15) is 0 Å². The van der Waals surface area contributed by atoms with E-state index in [1.54, 1.807) is 0 Å². The van der Waals surface area contributed by atoms with Crippen LogP contribution in [0.2, 0.25) is 0 Å². The lowest BCUT2D eigenvalue weighted by atomic mass is 10.4. The Morgan fingerprint density at radius 2 is 1.95 bits per heavy atom. The van der Waals surface area contributed by atoms with E-state index in [0.717, 1.165) is 18.0 Å². The maximum absolute atomic E-state index is 11.8. The standard InChI is InChI=1S/C12H22N4O4/c1-10(17)16(4-2-13)12(19)11(18)14-3-5-15-6-8-20-9-7-15/h2-9,13H2,1H3,(H,14,18). The van der Waals surface area contributed by atoms with Gasteiger partial charge in [-0.25, -0.2) is 0 Å². The van der Waals surface area contributed by atoms with Crippen LogP contribution in [0.15, 0.2) is 0 Å². The Hall–Kier alpha value is -1.51. The number of ether oxygens (including phenoxy) is 1. The smallest absolute Gasteiger partial charge is 0.318 e. The van der Waals surface area contributed by atoms with Crippen LogP contribution >= 0.6 is 0 Å². The molecule has 0 aromatic heterocycles. The summed E-state index contributed by atoms with van der Waals surface area (Å²) in [6.45, 7) is 5.42. The molecule has 0 unspecified atom stereocenters. The number of nitrogens with one attached hydrogen (secondary N) is 1. The molecule has 0 aliphatic carbocycles. The van der Waals surface area contributed by atoms with Crippen LogP contribution in [0, 0.1) is 0 Å². The number of nitrogens with zero attached hydrogens (tertiary/aromatic N) is 2. The van der Waals surface area contributed by atoms with Gasteiger partial charge in [0.1, 0.15) is 0 Å². The first-order chi connectivity index (χ1) is 9.56. The fraction of sp³-hybridized carbons (Fsp3) is 0.750. The van der Waals surface area contributed by atoms with E-state index in [4.69, 9.17) is 10.5 Å². The normalized spacial score (nSPS) is 15.7. The Balaban J connectivity index is 2.33. The number of amides is 3. The van der Waals surface area contributed by atoms with Crippen LogP contribution in [-0.4, -0.2) is 80.0 Å².